The highest BCUT2D eigenvalue weighted by Crippen LogP contribution is 2.01. The number of carboxylic acid groups (broad SMARTS) is 1. The smallest absolute Gasteiger partial charge is 0.189 e. The van der Waals surface area contributed by atoms with E-state index < -0.39 is 5.97 Å². The first-order chi connectivity index (χ1) is 6.12. The van der Waals surface area contributed by atoms with Crippen molar-refractivity contribution < 1.29 is 19.5 Å². The zero-order valence-electron chi connectivity index (χ0n) is 9.70. The van der Waals surface area contributed by atoms with Gasteiger partial charge in [0.15, 0.2) is 6.23 Å². The van der Waals surface area contributed by atoms with Crippen molar-refractivity contribution in [3.8, 4) is 0 Å². The molecule has 0 spiro atoms. The van der Waals surface area contributed by atoms with Crippen LogP contribution >= 0.6 is 0 Å². The lowest BCUT2D eigenvalue weighted by Gasteiger charge is -2.28. The van der Waals surface area contributed by atoms with E-state index in [9.17, 15) is 9.90 Å². The predicted molar refractivity (Wildman–Crippen MR) is 54.2 cm³/mol. The summed E-state index contributed by atoms with van der Waals surface area (Å²) in [4.78, 5) is 9.49. The van der Waals surface area contributed by atoms with E-state index in [1.807, 2.05) is 28.1 Å². The van der Waals surface area contributed by atoms with Gasteiger partial charge in [-0.3, -0.25) is 0 Å². The van der Waals surface area contributed by atoms with Gasteiger partial charge in [-0.1, -0.05) is 13.5 Å². The molecule has 0 rings (SSSR count). The Morgan fingerprint density at radius 2 is 1.79 bits per heavy atom. The Labute approximate surface area is 86.1 Å². The van der Waals surface area contributed by atoms with Crippen molar-refractivity contribution in [3.05, 3.63) is 12.2 Å². The number of carbonyl (C=O) groups excluding carboxylic acids is 1. The Bertz CT molecular complexity index is 182. The van der Waals surface area contributed by atoms with E-state index in [1.54, 1.807) is 0 Å². The van der Waals surface area contributed by atoms with E-state index in [0.29, 0.717) is 4.48 Å². The van der Waals surface area contributed by atoms with Gasteiger partial charge < -0.3 is 19.5 Å². The highest BCUT2D eigenvalue weighted by molar-refractivity contribution is 5.82. The number of aliphatic hydroxyl groups is 1. The molecule has 0 aromatic carbocycles. The van der Waals surface area contributed by atoms with Crippen molar-refractivity contribution in [3.63, 3.8) is 0 Å². The minimum absolute atomic E-state index is 0.0648. The standard InChI is InChI=1S/C6H16NO.C4H6O2/c1-5-6(8)7(2,3)4;1-3(2)4(5)6/h6,8H,5H2,1-4H3;1H2,2H3,(H,5,6)/q+1;/p-1. The van der Waals surface area contributed by atoms with E-state index in [0.717, 1.165) is 6.42 Å². The van der Waals surface area contributed by atoms with E-state index in [-0.39, 0.29) is 11.8 Å². The highest BCUT2D eigenvalue weighted by atomic mass is 16.4. The zero-order valence-corrected chi connectivity index (χ0v) is 9.70. The van der Waals surface area contributed by atoms with Gasteiger partial charge in [0.1, 0.15) is 0 Å². The number of aliphatic hydroxyl groups excluding tert-OH is 1. The average Bonchev–Trinajstić information content (AvgIpc) is 2.02. The number of hydrogen-bond acceptors (Lipinski definition) is 3. The van der Waals surface area contributed by atoms with Crippen LogP contribution < -0.4 is 5.11 Å². The van der Waals surface area contributed by atoms with Gasteiger partial charge in [0.25, 0.3) is 0 Å². The molecule has 4 nitrogen and oxygen atoms in total. The third kappa shape index (κ3) is 9.22. The molecule has 0 aromatic rings. The molecule has 84 valence electrons. The molecule has 0 radical (unpaired) electrons. The maximum Gasteiger partial charge on any atom is 0.189 e. The predicted octanol–water partition coefficient (Wildman–Crippen LogP) is -0.267. The Morgan fingerprint density at radius 1 is 1.50 bits per heavy atom. The van der Waals surface area contributed by atoms with E-state index in [1.165, 1.54) is 6.92 Å². The maximum atomic E-state index is 9.49. The van der Waals surface area contributed by atoms with Crippen molar-refractivity contribution in [2.24, 2.45) is 0 Å². The Morgan fingerprint density at radius 3 is 1.79 bits per heavy atom. The Balaban J connectivity index is 0. The van der Waals surface area contributed by atoms with Crippen molar-refractivity contribution in [2.75, 3.05) is 21.1 Å². The molecule has 0 aliphatic rings. The van der Waals surface area contributed by atoms with Gasteiger partial charge in [-0.25, -0.2) is 0 Å². The van der Waals surface area contributed by atoms with Crippen LogP contribution in [0.4, 0.5) is 0 Å². The van der Waals surface area contributed by atoms with Crippen LogP contribution in [0.25, 0.3) is 0 Å². The van der Waals surface area contributed by atoms with E-state index >= 15 is 0 Å². The van der Waals surface area contributed by atoms with Gasteiger partial charge in [0, 0.05) is 6.42 Å². The minimum Gasteiger partial charge on any atom is -0.545 e. The molecule has 14 heavy (non-hydrogen) atoms. The summed E-state index contributed by atoms with van der Waals surface area (Å²) in [6, 6.07) is 0. The summed E-state index contributed by atoms with van der Waals surface area (Å²) in [7, 11) is 5.94. The molecule has 1 atom stereocenters. The summed E-state index contributed by atoms with van der Waals surface area (Å²) in [5, 5.41) is 18.7. The van der Waals surface area contributed by atoms with Crippen LogP contribution in [0.3, 0.4) is 0 Å². The lowest BCUT2D eigenvalue weighted by Crippen LogP contribution is -2.44. The summed E-state index contributed by atoms with van der Waals surface area (Å²) in [6.07, 6.45) is 0.610. The highest BCUT2D eigenvalue weighted by Gasteiger charge is 2.16. The Hall–Kier alpha value is -0.870. The molecule has 0 aliphatic heterocycles. The molecule has 0 aliphatic carbocycles. The van der Waals surface area contributed by atoms with Crippen molar-refractivity contribution in [1.82, 2.24) is 0 Å². The van der Waals surface area contributed by atoms with Gasteiger partial charge in [-0.2, -0.15) is 0 Å². The third-order valence-corrected chi connectivity index (χ3v) is 1.61. The molecule has 0 heterocycles. The number of aliphatic carboxylic acids is 1. The summed E-state index contributed by atoms with van der Waals surface area (Å²) < 4.78 is 0.635. The van der Waals surface area contributed by atoms with Crippen molar-refractivity contribution >= 4 is 5.97 Å². The van der Waals surface area contributed by atoms with Gasteiger partial charge in [-0.05, 0) is 12.5 Å². The summed E-state index contributed by atoms with van der Waals surface area (Å²) in [5.74, 6) is -1.19. The number of carboxylic acids is 1. The molecule has 0 saturated carbocycles. The zero-order chi connectivity index (χ0) is 11.9. The summed E-state index contributed by atoms with van der Waals surface area (Å²) in [5.41, 5.74) is 0.0648. The quantitative estimate of drug-likeness (QED) is 0.390. The second-order valence-electron chi connectivity index (χ2n) is 4.07. The number of rotatable bonds is 3. The monoisotopic (exact) mass is 203 g/mol. The van der Waals surface area contributed by atoms with Crippen LogP contribution in [0.5, 0.6) is 0 Å². The van der Waals surface area contributed by atoms with Crippen LogP contribution in [0.1, 0.15) is 20.3 Å². The lowest BCUT2D eigenvalue weighted by atomic mass is 10.4. The summed E-state index contributed by atoms with van der Waals surface area (Å²) >= 11 is 0. The largest absolute Gasteiger partial charge is 0.545 e. The van der Waals surface area contributed by atoms with Crippen LogP contribution in [0, 0.1) is 0 Å². The van der Waals surface area contributed by atoms with Crippen LogP contribution in [0.15, 0.2) is 12.2 Å². The number of nitrogens with zero attached hydrogens (tertiary/aromatic N) is 1. The minimum atomic E-state index is -1.19. The normalized spacial score (nSPS) is 12.4. The van der Waals surface area contributed by atoms with E-state index in [2.05, 4.69) is 6.58 Å². The van der Waals surface area contributed by atoms with Crippen LogP contribution in [-0.4, -0.2) is 42.9 Å². The molecule has 4 heteroatoms. The van der Waals surface area contributed by atoms with Crippen LogP contribution in [0.2, 0.25) is 0 Å². The molecular formula is C10H21NO3. The fourth-order valence-electron chi connectivity index (χ4n) is 0.548. The topological polar surface area (TPSA) is 60.4 Å². The second-order valence-corrected chi connectivity index (χ2v) is 4.07. The van der Waals surface area contributed by atoms with Gasteiger partial charge in [0.05, 0.1) is 27.1 Å². The summed E-state index contributed by atoms with van der Waals surface area (Å²) in [6.45, 7) is 6.46. The molecule has 0 aromatic heterocycles. The third-order valence-electron chi connectivity index (χ3n) is 1.61. The second kappa shape index (κ2) is 6.56. The average molecular weight is 203 g/mol. The van der Waals surface area contributed by atoms with Crippen LogP contribution in [-0.2, 0) is 4.79 Å². The Kier molecular flexibility index (Phi) is 7.31. The van der Waals surface area contributed by atoms with Gasteiger partial charge in [0.2, 0.25) is 0 Å². The molecular weight excluding hydrogens is 182 g/mol. The molecule has 1 unspecified atom stereocenters. The van der Waals surface area contributed by atoms with Gasteiger partial charge in [-0.15, -0.1) is 0 Å². The molecule has 1 N–H and O–H groups in total. The molecule has 0 amide bonds. The molecule has 0 saturated heterocycles. The fraction of sp³-hybridized carbons (Fsp3) is 0.700. The maximum absolute atomic E-state index is 9.49. The molecule has 0 fully saturated rings. The lowest BCUT2D eigenvalue weighted by molar-refractivity contribution is -0.918. The first-order valence-electron chi connectivity index (χ1n) is 4.49. The molecule has 0 bridgehead atoms. The van der Waals surface area contributed by atoms with E-state index in [4.69, 9.17) is 5.11 Å². The first kappa shape index (κ1) is 15.6. The van der Waals surface area contributed by atoms with Crippen molar-refractivity contribution in [2.45, 2.75) is 26.5 Å². The number of carbonyl (C=O) groups is 1. The first-order valence-corrected chi connectivity index (χ1v) is 4.49. The number of hydrogen-bond donors (Lipinski definition) is 1. The number of quaternary nitrogens is 1. The van der Waals surface area contributed by atoms with Crippen molar-refractivity contribution in [1.29, 1.82) is 0 Å². The fourth-order valence-corrected chi connectivity index (χ4v) is 0.548. The van der Waals surface area contributed by atoms with Gasteiger partial charge >= 0.3 is 0 Å². The SMILES string of the molecule is C=C(C)C(=O)[O-].CCC(O)[N+](C)(C)C.